The van der Waals surface area contributed by atoms with E-state index < -0.39 is 17.8 Å². The zero-order valence-corrected chi connectivity index (χ0v) is 22.3. The number of oxazole rings is 1. The van der Waals surface area contributed by atoms with Gasteiger partial charge in [0.25, 0.3) is 5.91 Å². The van der Waals surface area contributed by atoms with Crippen molar-refractivity contribution in [2.45, 2.75) is 12.7 Å². The molecule has 0 saturated carbocycles. The molecule has 10 nitrogen and oxygen atoms in total. The molecule has 13 heteroatoms. The van der Waals surface area contributed by atoms with Gasteiger partial charge < -0.3 is 29.7 Å². The van der Waals surface area contributed by atoms with Crippen LogP contribution in [0.25, 0.3) is 22.4 Å². The van der Waals surface area contributed by atoms with E-state index in [1.165, 1.54) is 26.4 Å². The van der Waals surface area contributed by atoms with Crippen LogP contribution >= 0.6 is 0 Å². The molecule has 41 heavy (non-hydrogen) atoms. The predicted octanol–water partition coefficient (Wildman–Crippen LogP) is 4.72. The Morgan fingerprint density at radius 3 is 2.39 bits per heavy atom. The smallest absolute Gasteiger partial charge is 0.433 e. The SMILES string of the molecule is C=C(CNC(=O)c1nc(-c2ccc(OC)c3nc(C(F)(F)F)ccc23)oc1CN)N=C(OC)c1ccc(OC)cc1. The maximum atomic E-state index is 13.3. The molecule has 2 aromatic carbocycles. The van der Waals surface area contributed by atoms with Gasteiger partial charge in [-0.25, -0.2) is 15.0 Å². The number of benzene rings is 2. The lowest BCUT2D eigenvalue weighted by molar-refractivity contribution is -0.140. The maximum Gasteiger partial charge on any atom is 0.433 e. The van der Waals surface area contributed by atoms with Gasteiger partial charge in [0.1, 0.15) is 22.7 Å². The Labute approximate surface area is 232 Å². The molecule has 0 unspecified atom stereocenters. The molecule has 0 aliphatic heterocycles. The van der Waals surface area contributed by atoms with E-state index in [1.54, 1.807) is 37.4 Å². The highest BCUT2D eigenvalue weighted by molar-refractivity contribution is 5.98. The number of methoxy groups -OCH3 is 3. The van der Waals surface area contributed by atoms with Crippen molar-refractivity contribution in [3.05, 3.63) is 83.5 Å². The van der Waals surface area contributed by atoms with Crippen LogP contribution in [-0.4, -0.2) is 49.6 Å². The Morgan fingerprint density at radius 1 is 1.05 bits per heavy atom. The summed E-state index contributed by atoms with van der Waals surface area (Å²) in [5, 5.41) is 2.94. The second-order valence-corrected chi connectivity index (χ2v) is 8.50. The predicted molar refractivity (Wildman–Crippen MR) is 145 cm³/mol. The van der Waals surface area contributed by atoms with Crippen molar-refractivity contribution in [1.29, 1.82) is 0 Å². The summed E-state index contributed by atoms with van der Waals surface area (Å²) < 4.78 is 61.3. The van der Waals surface area contributed by atoms with Crippen LogP contribution in [0.4, 0.5) is 13.2 Å². The minimum atomic E-state index is -4.65. The summed E-state index contributed by atoms with van der Waals surface area (Å²) in [7, 11) is 4.34. The van der Waals surface area contributed by atoms with E-state index in [1.807, 2.05) is 0 Å². The first kappa shape index (κ1) is 29.1. The summed E-state index contributed by atoms with van der Waals surface area (Å²) in [6, 6.07) is 12.1. The monoisotopic (exact) mass is 569 g/mol. The van der Waals surface area contributed by atoms with Gasteiger partial charge in [-0.1, -0.05) is 6.58 Å². The first-order chi connectivity index (χ1) is 19.6. The molecular formula is C28H26F3N5O5. The number of fused-ring (bicyclic) bond motifs is 1. The van der Waals surface area contributed by atoms with E-state index >= 15 is 0 Å². The van der Waals surface area contributed by atoms with E-state index in [0.717, 1.165) is 6.07 Å². The number of nitrogens with zero attached hydrogens (tertiary/aromatic N) is 3. The number of hydrogen-bond donors (Lipinski definition) is 2. The van der Waals surface area contributed by atoms with Crippen LogP contribution in [0.15, 0.2) is 70.2 Å². The second kappa shape index (κ2) is 12.1. The second-order valence-electron chi connectivity index (χ2n) is 8.50. The quantitative estimate of drug-likeness (QED) is 0.219. The van der Waals surface area contributed by atoms with Crippen molar-refractivity contribution in [2.24, 2.45) is 10.7 Å². The third-order valence-electron chi connectivity index (χ3n) is 5.90. The summed E-state index contributed by atoms with van der Waals surface area (Å²) >= 11 is 0. The van der Waals surface area contributed by atoms with Crippen molar-refractivity contribution < 1.29 is 36.6 Å². The van der Waals surface area contributed by atoms with Gasteiger partial charge in [-0.15, -0.1) is 0 Å². The minimum absolute atomic E-state index is 0.0252. The molecule has 214 valence electrons. The van der Waals surface area contributed by atoms with Gasteiger partial charge in [-0.05, 0) is 48.5 Å². The zero-order valence-electron chi connectivity index (χ0n) is 22.3. The summed E-state index contributed by atoms with van der Waals surface area (Å²) in [6.07, 6.45) is -4.65. The third kappa shape index (κ3) is 6.30. The highest BCUT2D eigenvalue weighted by atomic mass is 19.4. The number of amides is 1. The maximum absolute atomic E-state index is 13.3. The number of carbonyl (C=O) groups is 1. The van der Waals surface area contributed by atoms with Gasteiger partial charge in [0, 0.05) is 16.5 Å². The fraction of sp³-hybridized carbons (Fsp3) is 0.214. The van der Waals surface area contributed by atoms with Gasteiger partial charge in [0.15, 0.2) is 11.5 Å². The lowest BCUT2D eigenvalue weighted by atomic mass is 10.1. The highest BCUT2D eigenvalue weighted by Gasteiger charge is 2.33. The molecule has 0 atom stereocenters. The highest BCUT2D eigenvalue weighted by Crippen LogP contribution is 2.37. The fourth-order valence-electron chi connectivity index (χ4n) is 3.89. The molecule has 0 bridgehead atoms. The topological polar surface area (TPSA) is 134 Å². The van der Waals surface area contributed by atoms with Crippen LogP contribution in [0, 0.1) is 0 Å². The van der Waals surface area contributed by atoms with E-state index in [-0.39, 0.29) is 58.7 Å². The molecule has 0 saturated heterocycles. The summed E-state index contributed by atoms with van der Waals surface area (Å²) in [4.78, 5) is 25.4. The number of alkyl halides is 3. The molecule has 0 radical (unpaired) electrons. The molecule has 0 fully saturated rings. The number of halogens is 3. The number of rotatable bonds is 9. The Kier molecular flexibility index (Phi) is 8.57. The Balaban J connectivity index is 1.58. The minimum Gasteiger partial charge on any atom is -0.497 e. The lowest BCUT2D eigenvalue weighted by Crippen LogP contribution is -2.27. The standard InChI is InChI=1S/C28H26F3N5O5/c1-15(34-26(40-4)16-5-7-17(38-2)8-6-16)14-33-25(37)24-21(13-32)41-27(36-24)19-9-11-20(39-3)23-18(19)10-12-22(35-23)28(29,30)31/h5-12H,1,13-14,32H2,2-4H3,(H,33,37). The fourth-order valence-corrected chi connectivity index (χ4v) is 3.89. The van der Waals surface area contributed by atoms with Crippen LogP contribution in [0.5, 0.6) is 11.5 Å². The average Bonchev–Trinajstić information content (AvgIpc) is 3.41. The Bertz CT molecular complexity index is 1610. The van der Waals surface area contributed by atoms with Crippen molar-refractivity contribution in [1.82, 2.24) is 15.3 Å². The van der Waals surface area contributed by atoms with Crippen LogP contribution in [0.3, 0.4) is 0 Å². The van der Waals surface area contributed by atoms with Crippen LogP contribution in [0.2, 0.25) is 0 Å². The first-order valence-electron chi connectivity index (χ1n) is 12.1. The molecule has 3 N–H and O–H groups in total. The van der Waals surface area contributed by atoms with Crippen LogP contribution < -0.4 is 20.5 Å². The molecule has 0 aliphatic carbocycles. The number of aliphatic imine (C=N–C) groups is 1. The Morgan fingerprint density at radius 2 is 1.78 bits per heavy atom. The largest absolute Gasteiger partial charge is 0.497 e. The van der Waals surface area contributed by atoms with Crippen molar-refractivity contribution in [3.63, 3.8) is 0 Å². The molecule has 2 heterocycles. The third-order valence-corrected chi connectivity index (χ3v) is 5.90. The van der Waals surface area contributed by atoms with E-state index in [2.05, 4.69) is 26.9 Å². The van der Waals surface area contributed by atoms with Crippen molar-refractivity contribution in [2.75, 3.05) is 27.9 Å². The van der Waals surface area contributed by atoms with Gasteiger partial charge in [0.2, 0.25) is 11.8 Å². The molecule has 0 spiro atoms. The van der Waals surface area contributed by atoms with E-state index in [0.29, 0.717) is 16.9 Å². The summed E-state index contributed by atoms with van der Waals surface area (Å²) in [6.45, 7) is 3.65. The van der Waals surface area contributed by atoms with E-state index in [4.69, 9.17) is 24.4 Å². The summed E-state index contributed by atoms with van der Waals surface area (Å²) in [5.74, 6) is 0.516. The molecule has 4 aromatic rings. The number of nitrogens with two attached hydrogens (primary N) is 1. The number of nitrogens with one attached hydrogen (secondary N) is 1. The normalized spacial score (nSPS) is 11.8. The number of carbonyl (C=O) groups excluding carboxylic acids is 1. The molecule has 4 rings (SSSR count). The van der Waals surface area contributed by atoms with Gasteiger partial charge in [-0.2, -0.15) is 13.2 Å². The Hall–Kier alpha value is -4.91. The lowest BCUT2D eigenvalue weighted by Gasteiger charge is -2.11. The van der Waals surface area contributed by atoms with E-state index in [9.17, 15) is 18.0 Å². The van der Waals surface area contributed by atoms with Gasteiger partial charge >= 0.3 is 6.18 Å². The zero-order chi connectivity index (χ0) is 29.7. The van der Waals surface area contributed by atoms with Crippen LogP contribution in [0.1, 0.15) is 27.5 Å². The van der Waals surface area contributed by atoms with Gasteiger partial charge in [0.05, 0.1) is 40.1 Å². The van der Waals surface area contributed by atoms with Crippen LogP contribution in [-0.2, 0) is 17.5 Å². The van der Waals surface area contributed by atoms with Crippen molar-refractivity contribution in [3.8, 4) is 23.0 Å². The average molecular weight is 570 g/mol. The number of hydrogen-bond acceptors (Lipinski definition) is 9. The number of ether oxygens (including phenoxy) is 3. The first-order valence-corrected chi connectivity index (χ1v) is 12.1. The number of pyridine rings is 1. The number of aromatic nitrogens is 2. The molecule has 2 aromatic heterocycles. The molecule has 1 amide bonds. The molecular weight excluding hydrogens is 543 g/mol. The van der Waals surface area contributed by atoms with Gasteiger partial charge in [-0.3, -0.25) is 4.79 Å². The van der Waals surface area contributed by atoms with Crippen molar-refractivity contribution >= 4 is 22.7 Å². The molecule has 0 aliphatic rings. The summed E-state index contributed by atoms with van der Waals surface area (Å²) in [5.41, 5.74) is 5.84.